The van der Waals surface area contributed by atoms with E-state index in [9.17, 15) is 18.3 Å². The van der Waals surface area contributed by atoms with Crippen LogP contribution in [0.15, 0.2) is 47.5 Å². The number of halogens is 3. The molecule has 2 rings (SSSR count). The van der Waals surface area contributed by atoms with Gasteiger partial charge in [0, 0.05) is 18.7 Å². The van der Waals surface area contributed by atoms with Crippen LogP contribution in [0, 0.1) is 17.5 Å². The van der Waals surface area contributed by atoms with E-state index in [1.807, 2.05) is 6.92 Å². The van der Waals surface area contributed by atoms with Crippen LogP contribution in [0.5, 0.6) is 5.75 Å². The van der Waals surface area contributed by atoms with Crippen LogP contribution < -0.4 is 15.4 Å². The van der Waals surface area contributed by atoms with Gasteiger partial charge < -0.3 is 20.5 Å². The molecular formula is C19H22F3N3O2. The number of aliphatic hydroxyl groups excluding tert-OH is 1. The first kappa shape index (κ1) is 20.6. The van der Waals surface area contributed by atoms with Gasteiger partial charge in [-0.15, -0.1) is 0 Å². The van der Waals surface area contributed by atoms with Crippen LogP contribution in [0.1, 0.15) is 12.5 Å². The van der Waals surface area contributed by atoms with E-state index in [0.29, 0.717) is 18.3 Å². The topological polar surface area (TPSA) is 65.9 Å². The summed E-state index contributed by atoms with van der Waals surface area (Å²) in [7, 11) is 0. The van der Waals surface area contributed by atoms with Crippen molar-refractivity contribution in [3.05, 3.63) is 65.5 Å². The van der Waals surface area contributed by atoms with Crippen LogP contribution in [0.3, 0.4) is 0 Å². The number of ether oxygens (including phenoxy) is 1. The van der Waals surface area contributed by atoms with Gasteiger partial charge in [0.15, 0.2) is 5.96 Å². The smallest absolute Gasteiger partial charge is 0.191 e. The molecular weight excluding hydrogens is 359 g/mol. The molecule has 146 valence electrons. The van der Waals surface area contributed by atoms with Crippen LogP contribution in [-0.2, 0) is 6.54 Å². The second kappa shape index (κ2) is 10.4. The summed E-state index contributed by atoms with van der Waals surface area (Å²) in [6.07, 6.45) is -0.857. The van der Waals surface area contributed by atoms with Crippen molar-refractivity contribution in [3.8, 4) is 5.75 Å². The Balaban J connectivity index is 1.85. The number of benzene rings is 2. The Morgan fingerprint density at radius 2 is 1.78 bits per heavy atom. The zero-order valence-electron chi connectivity index (χ0n) is 14.9. The molecule has 0 spiro atoms. The van der Waals surface area contributed by atoms with Gasteiger partial charge in [0.25, 0.3) is 0 Å². The standard InChI is InChI=1S/C19H22F3N3O2/c1-2-23-19(24-10-13-9-15(21)5-8-18(13)22)25-11-16(26)12-27-17-6-3-14(20)4-7-17/h3-9,16,26H,2,10-12H2,1H3,(H2,23,24,25). The highest BCUT2D eigenvalue weighted by Gasteiger charge is 2.08. The number of hydrogen-bond acceptors (Lipinski definition) is 3. The molecule has 5 nitrogen and oxygen atoms in total. The van der Waals surface area contributed by atoms with E-state index in [1.165, 1.54) is 24.3 Å². The summed E-state index contributed by atoms with van der Waals surface area (Å²) in [5.74, 6) is -0.651. The van der Waals surface area contributed by atoms with Crippen LogP contribution in [0.4, 0.5) is 13.2 Å². The van der Waals surface area contributed by atoms with Crippen LogP contribution in [0.2, 0.25) is 0 Å². The maximum absolute atomic E-state index is 13.6. The maximum Gasteiger partial charge on any atom is 0.191 e. The molecule has 2 aromatic carbocycles. The number of nitrogens with zero attached hydrogens (tertiary/aromatic N) is 1. The largest absolute Gasteiger partial charge is 0.491 e. The summed E-state index contributed by atoms with van der Waals surface area (Å²) >= 11 is 0. The van der Waals surface area contributed by atoms with Gasteiger partial charge in [0.1, 0.15) is 35.9 Å². The van der Waals surface area contributed by atoms with Gasteiger partial charge in [0.2, 0.25) is 0 Å². The van der Waals surface area contributed by atoms with Gasteiger partial charge in [-0.2, -0.15) is 0 Å². The first-order valence-electron chi connectivity index (χ1n) is 8.50. The first-order valence-corrected chi connectivity index (χ1v) is 8.50. The zero-order chi connectivity index (χ0) is 19.6. The number of hydrogen-bond donors (Lipinski definition) is 3. The second-order valence-electron chi connectivity index (χ2n) is 5.73. The van der Waals surface area contributed by atoms with Crippen molar-refractivity contribution in [1.29, 1.82) is 0 Å². The third-order valence-corrected chi connectivity index (χ3v) is 3.52. The Hall–Kier alpha value is -2.74. The van der Waals surface area contributed by atoms with Crippen molar-refractivity contribution in [1.82, 2.24) is 10.6 Å². The quantitative estimate of drug-likeness (QED) is 0.486. The highest BCUT2D eigenvalue weighted by molar-refractivity contribution is 5.79. The molecule has 0 bridgehead atoms. The molecule has 0 fully saturated rings. The Kier molecular flexibility index (Phi) is 7.94. The van der Waals surface area contributed by atoms with Gasteiger partial charge in [-0.3, -0.25) is 0 Å². The lowest BCUT2D eigenvalue weighted by atomic mass is 10.2. The van der Waals surface area contributed by atoms with Crippen molar-refractivity contribution in [2.75, 3.05) is 19.7 Å². The minimum absolute atomic E-state index is 0.00341. The minimum atomic E-state index is -0.857. The molecule has 0 heterocycles. The number of aliphatic hydroxyl groups is 1. The summed E-state index contributed by atoms with van der Waals surface area (Å²) in [5, 5.41) is 15.8. The fourth-order valence-corrected chi connectivity index (χ4v) is 2.17. The third kappa shape index (κ3) is 7.18. The van der Waals surface area contributed by atoms with Gasteiger partial charge in [-0.05, 0) is 49.4 Å². The molecule has 0 saturated carbocycles. The predicted molar refractivity (Wildman–Crippen MR) is 97.1 cm³/mol. The van der Waals surface area contributed by atoms with Crippen LogP contribution in [0.25, 0.3) is 0 Å². The minimum Gasteiger partial charge on any atom is -0.491 e. The van der Waals surface area contributed by atoms with E-state index in [1.54, 1.807) is 0 Å². The summed E-state index contributed by atoms with van der Waals surface area (Å²) in [6, 6.07) is 8.65. The molecule has 2 aromatic rings. The van der Waals surface area contributed by atoms with Gasteiger partial charge >= 0.3 is 0 Å². The van der Waals surface area contributed by atoms with E-state index < -0.39 is 17.7 Å². The molecule has 1 atom stereocenters. The van der Waals surface area contributed by atoms with Gasteiger partial charge in [-0.25, -0.2) is 18.2 Å². The molecule has 0 radical (unpaired) electrons. The molecule has 0 aliphatic rings. The lowest BCUT2D eigenvalue weighted by Gasteiger charge is -2.16. The molecule has 0 saturated heterocycles. The van der Waals surface area contributed by atoms with E-state index in [4.69, 9.17) is 4.74 Å². The number of nitrogens with one attached hydrogen (secondary N) is 2. The summed E-state index contributed by atoms with van der Waals surface area (Å²) in [5.41, 5.74) is 0.132. The van der Waals surface area contributed by atoms with Crippen LogP contribution in [-0.4, -0.2) is 36.9 Å². The monoisotopic (exact) mass is 381 g/mol. The van der Waals surface area contributed by atoms with E-state index >= 15 is 0 Å². The van der Waals surface area contributed by atoms with Crippen LogP contribution >= 0.6 is 0 Å². The molecule has 27 heavy (non-hydrogen) atoms. The second-order valence-corrected chi connectivity index (χ2v) is 5.73. The fraction of sp³-hybridized carbons (Fsp3) is 0.316. The Bertz CT molecular complexity index is 754. The molecule has 3 N–H and O–H groups in total. The van der Waals surface area contributed by atoms with E-state index in [2.05, 4.69) is 15.6 Å². The Morgan fingerprint density at radius 1 is 1.07 bits per heavy atom. The Morgan fingerprint density at radius 3 is 2.48 bits per heavy atom. The number of guanidine groups is 1. The zero-order valence-corrected chi connectivity index (χ0v) is 14.9. The number of rotatable bonds is 8. The first-order chi connectivity index (χ1) is 13.0. The summed E-state index contributed by atoms with van der Waals surface area (Å²) in [6.45, 7) is 2.48. The average molecular weight is 381 g/mol. The number of aliphatic imine (C=N–C) groups is 1. The molecule has 0 aliphatic carbocycles. The van der Waals surface area contributed by atoms with Crippen molar-refractivity contribution >= 4 is 5.96 Å². The van der Waals surface area contributed by atoms with Crippen molar-refractivity contribution in [2.24, 2.45) is 4.99 Å². The molecule has 8 heteroatoms. The SMILES string of the molecule is CCNC(=NCc1cc(F)ccc1F)NCC(O)COc1ccc(F)cc1. The fourth-order valence-electron chi connectivity index (χ4n) is 2.17. The van der Waals surface area contributed by atoms with Crippen molar-refractivity contribution < 1.29 is 23.0 Å². The molecule has 0 aromatic heterocycles. The Labute approximate surface area is 155 Å². The lowest BCUT2D eigenvalue weighted by molar-refractivity contribution is 0.110. The van der Waals surface area contributed by atoms with E-state index in [0.717, 1.165) is 18.2 Å². The average Bonchev–Trinajstić information content (AvgIpc) is 2.66. The highest BCUT2D eigenvalue weighted by Crippen LogP contribution is 2.12. The third-order valence-electron chi connectivity index (χ3n) is 3.52. The summed E-state index contributed by atoms with van der Waals surface area (Å²) in [4.78, 5) is 4.18. The van der Waals surface area contributed by atoms with Crippen molar-refractivity contribution in [2.45, 2.75) is 19.6 Å². The molecule has 1 unspecified atom stereocenters. The van der Waals surface area contributed by atoms with Crippen molar-refractivity contribution in [3.63, 3.8) is 0 Å². The normalized spacial score (nSPS) is 12.6. The molecule has 0 aliphatic heterocycles. The molecule has 0 amide bonds. The highest BCUT2D eigenvalue weighted by atomic mass is 19.1. The summed E-state index contributed by atoms with van der Waals surface area (Å²) < 4.78 is 45.1. The van der Waals surface area contributed by atoms with E-state index in [-0.39, 0.29) is 31.1 Å². The maximum atomic E-state index is 13.6. The lowest BCUT2D eigenvalue weighted by Crippen LogP contribution is -2.42. The predicted octanol–water partition coefficient (Wildman–Crippen LogP) is 2.60. The van der Waals surface area contributed by atoms with Gasteiger partial charge in [0.05, 0.1) is 6.54 Å². The van der Waals surface area contributed by atoms with Gasteiger partial charge in [-0.1, -0.05) is 0 Å².